The molecule has 0 unspecified atom stereocenters. The first kappa shape index (κ1) is 8.29. The van der Waals surface area contributed by atoms with Gasteiger partial charge < -0.3 is 0 Å². The maximum absolute atomic E-state index is 3.25. The fourth-order valence-electron chi connectivity index (χ4n) is 2.11. The Bertz CT molecular complexity index is 443. The van der Waals surface area contributed by atoms with E-state index in [1.807, 2.05) is 0 Å². The molecule has 1 heteroatoms. The number of fused-ring (bicyclic) bond motifs is 3. The van der Waals surface area contributed by atoms with Crippen molar-refractivity contribution in [3.8, 4) is 11.1 Å². The number of hydrogen-bond donors (Lipinski definition) is 0. The van der Waals surface area contributed by atoms with E-state index >= 15 is 0 Å². The zero-order chi connectivity index (χ0) is 9.54. The summed E-state index contributed by atoms with van der Waals surface area (Å²) in [4.78, 5) is 0. The van der Waals surface area contributed by atoms with Crippen LogP contribution in [0.25, 0.3) is 11.1 Å². The summed E-state index contributed by atoms with van der Waals surface area (Å²) in [5.74, 6) is 0. The van der Waals surface area contributed by atoms with Gasteiger partial charge in [0.25, 0.3) is 0 Å². The fraction of sp³-hybridized carbons (Fsp3) is 0.0769. The van der Waals surface area contributed by atoms with E-state index in [-0.39, 0.29) is 0 Å². The third-order valence-corrected chi connectivity index (χ3v) is 3.57. The first-order valence-electron chi connectivity index (χ1n) is 4.72. The molecule has 0 aromatic heterocycles. The summed E-state index contributed by atoms with van der Waals surface area (Å²) in [6, 6.07) is 17.2. The Morgan fingerprint density at radius 3 is 1.64 bits per heavy atom. The van der Waals surface area contributed by atoms with E-state index in [4.69, 9.17) is 0 Å². The van der Waals surface area contributed by atoms with Crippen molar-refractivity contribution in [1.29, 1.82) is 0 Å². The van der Waals surface area contributed by atoms with Crippen LogP contribution in [-0.4, -0.2) is 0 Å². The maximum atomic E-state index is 3.25. The molecule has 14 heavy (non-hydrogen) atoms. The van der Waals surface area contributed by atoms with Gasteiger partial charge in [0.2, 0.25) is 0 Å². The number of hydrogen-bond acceptors (Lipinski definition) is 0. The molecule has 0 radical (unpaired) electrons. The van der Waals surface area contributed by atoms with Crippen LogP contribution in [0.3, 0.4) is 0 Å². The summed E-state index contributed by atoms with van der Waals surface area (Å²) in [5.41, 5.74) is 5.58. The molecule has 0 saturated carbocycles. The standard InChI is InChI=1S/C13H9.Cr/c1-3-7-12-10(5-1)9-11-6-2-4-8-13(11)12;/h1-9H;. The summed E-state index contributed by atoms with van der Waals surface area (Å²) < 4.78 is 0.433. The number of benzene rings is 2. The van der Waals surface area contributed by atoms with Crippen LogP contribution in [0.1, 0.15) is 15.9 Å². The molecule has 0 fully saturated rings. The first-order chi connectivity index (χ1) is 6.88. The normalized spacial score (nSPS) is 13.7. The second-order valence-electron chi connectivity index (χ2n) is 3.55. The molecular formula is C13H9Cr. The van der Waals surface area contributed by atoms with E-state index in [2.05, 4.69) is 64.8 Å². The number of rotatable bonds is 0. The van der Waals surface area contributed by atoms with Gasteiger partial charge in [0.05, 0.1) is 0 Å². The Hall–Kier alpha value is -1.03. The molecule has 0 nitrogen and oxygen atoms in total. The Morgan fingerprint density at radius 2 is 1.14 bits per heavy atom. The van der Waals surface area contributed by atoms with Crippen molar-refractivity contribution in [3.05, 3.63) is 59.7 Å². The van der Waals surface area contributed by atoms with Crippen LogP contribution in [0.4, 0.5) is 0 Å². The molecular weight excluding hydrogens is 208 g/mol. The third-order valence-electron chi connectivity index (χ3n) is 2.78. The van der Waals surface area contributed by atoms with Crippen LogP contribution in [0.15, 0.2) is 48.5 Å². The van der Waals surface area contributed by atoms with Gasteiger partial charge in [-0.05, 0) is 0 Å². The van der Waals surface area contributed by atoms with Gasteiger partial charge >= 0.3 is 91.9 Å². The third kappa shape index (κ3) is 1.00. The summed E-state index contributed by atoms with van der Waals surface area (Å²) in [5, 5.41) is 0. The quantitative estimate of drug-likeness (QED) is 0.635. The molecule has 2 aromatic rings. The van der Waals surface area contributed by atoms with Crippen LogP contribution in [0.2, 0.25) is 0 Å². The minimum absolute atomic E-state index is 0.433. The van der Waals surface area contributed by atoms with Crippen molar-refractivity contribution < 1.29 is 16.3 Å². The molecule has 67 valence electrons. The van der Waals surface area contributed by atoms with E-state index in [9.17, 15) is 0 Å². The van der Waals surface area contributed by atoms with Gasteiger partial charge in [0, 0.05) is 0 Å². The van der Waals surface area contributed by atoms with Gasteiger partial charge in [-0.15, -0.1) is 0 Å². The molecule has 0 saturated heterocycles. The first-order valence-corrected chi connectivity index (χ1v) is 5.45. The Morgan fingerprint density at radius 1 is 0.714 bits per heavy atom. The van der Waals surface area contributed by atoms with Gasteiger partial charge in [-0.2, -0.15) is 0 Å². The van der Waals surface area contributed by atoms with Gasteiger partial charge in [0.1, 0.15) is 0 Å². The zero-order valence-electron chi connectivity index (χ0n) is 7.60. The minimum atomic E-state index is 0.433. The fourth-order valence-corrected chi connectivity index (χ4v) is 2.75. The van der Waals surface area contributed by atoms with E-state index in [0.29, 0.717) is 4.78 Å². The molecule has 1 aliphatic carbocycles. The van der Waals surface area contributed by atoms with E-state index in [1.54, 1.807) is 0 Å². The van der Waals surface area contributed by atoms with Crippen molar-refractivity contribution in [3.63, 3.8) is 0 Å². The SMILES string of the molecule is [Cr][CH]1c2ccccc2-c2ccccc21. The molecule has 0 atom stereocenters. The van der Waals surface area contributed by atoms with Crippen molar-refractivity contribution in [2.45, 2.75) is 4.78 Å². The second-order valence-corrected chi connectivity index (χ2v) is 4.29. The molecule has 2 aromatic carbocycles. The molecule has 1 aliphatic rings. The van der Waals surface area contributed by atoms with Crippen molar-refractivity contribution in [2.75, 3.05) is 0 Å². The van der Waals surface area contributed by atoms with Crippen LogP contribution in [0.5, 0.6) is 0 Å². The summed E-state index contributed by atoms with van der Waals surface area (Å²) in [6.07, 6.45) is 0. The average molecular weight is 217 g/mol. The molecule has 0 spiro atoms. The van der Waals surface area contributed by atoms with E-state index < -0.39 is 0 Å². The van der Waals surface area contributed by atoms with Crippen molar-refractivity contribution in [1.82, 2.24) is 0 Å². The second kappa shape index (κ2) is 2.99. The Labute approximate surface area is 92.0 Å². The van der Waals surface area contributed by atoms with Crippen LogP contribution < -0.4 is 0 Å². The van der Waals surface area contributed by atoms with Gasteiger partial charge in [-0.1, -0.05) is 0 Å². The summed E-state index contributed by atoms with van der Waals surface area (Å²) in [6.45, 7) is 0. The summed E-state index contributed by atoms with van der Waals surface area (Å²) in [7, 11) is 0. The summed E-state index contributed by atoms with van der Waals surface area (Å²) >= 11 is 3.25. The van der Waals surface area contributed by atoms with Crippen LogP contribution in [0, 0.1) is 0 Å². The predicted octanol–water partition coefficient (Wildman–Crippen LogP) is 3.30. The average Bonchev–Trinajstić information content (AvgIpc) is 2.55. The molecule has 0 aliphatic heterocycles. The van der Waals surface area contributed by atoms with E-state index in [0.717, 1.165) is 0 Å². The van der Waals surface area contributed by atoms with Gasteiger partial charge in [-0.3, -0.25) is 0 Å². The van der Waals surface area contributed by atoms with Gasteiger partial charge in [-0.25, -0.2) is 0 Å². The van der Waals surface area contributed by atoms with E-state index in [1.165, 1.54) is 22.3 Å². The van der Waals surface area contributed by atoms with Crippen LogP contribution in [-0.2, 0) is 16.3 Å². The Balaban J connectivity index is 2.36. The molecule has 3 rings (SSSR count). The molecule has 0 amide bonds. The molecule has 0 N–H and O–H groups in total. The zero-order valence-corrected chi connectivity index (χ0v) is 8.88. The van der Waals surface area contributed by atoms with Gasteiger partial charge in [0.15, 0.2) is 0 Å². The van der Waals surface area contributed by atoms with Crippen molar-refractivity contribution >= 4 is 0 Å². The predicted molar refractivity (Wildman–Crippen MR) is 53.7 cm³/mol. The molecule has 0 heterocycles. The topological polar surface area (TPSA) is 0 Å². The molecule has 0 bridgehead atoms. The van der Waals surface area contributed by atoms with Crippen LogP contribution >= 0.6 is 0 Å². The Kier molecular flexibility index (Phi) is 1.77. The van der Waals surface area contributed by atoms with Crippen molar-refractivity contribution in [2.24, 2.45) is 0 Å². The monoisotopic (exact) mass is 217 g/mol.